The molecule has 1 aromatic carbocycles. The summed E-state index contributed by atoms with van der Waals surface area (Å²) in [6, 6.07) is 10.7. The number of benzene rings is 1. The Morgan fingerprint density at radius 1 is 0.676 bits per heavy atom. The minimum Gasteiger partial charge on any atom is -0.445 e. The van der Waals surface area contributed by atoms with Gasteiger partial charge in [-0.25, -0.2) is 4.79 Å². The summed E-state index contributed by atoms with van der Waals surface area (Å²) < 4.78 is 20.3. The highest BCUT2D eigenvalue weighted by atomic mass is 16.6. The van der Waals surface area contributed by atoms with Crippen LogP contribution in [-0.4, -0.2) is 82.5 Å². The normalized spacial score (nSPS) is 49.1. The first-order chi connectivity index (χ1) is 35.2. The van der Waals surface area contributed by atoms with Gasteiger partial charge >= 0.3 is 6.09 Å². The van der Waals surface area contributed by atoms with Crippen molar-refractivity contribution in [1.82, 2.24) is 20.9 Å². The monoisotopic (exact) mass is 1010 g/mol. The smallest absolute Gasteiger partial charge is 0.410 e. The number of rotatable bonds is 2. The summed E-state index contributed by atoms with van der Waals surface area (Å²) in [4.78, 5) is 40.1. The van der Waals surface area contributed by atoms with Crippen molar-refractivity contribution in [3.63, 3.8) is 0 Å². The topological polar surface area (TPSA) is 118 Å². The Labute approximate surface area is 444 Å². The molecule has 3 N–H and O–H groups in total. The van der Waals surface area contributed by atoms with Gasteiger partial charge in [-0.1, -0.05) is 94.2 Å². The first-order valence-corrected chi connectivity index (χ1v) is 30.3. The van der Waals surface area contributed by atoms with Crippen molar-refractivity contribution < 1.29 is 28.6 Å². The molecule has 6 aliphatic heterocycles. The van der Waals surface area contributed by atoms with Crippen LogP contribution in [0.5, 0.6) is 0 Å². The molecule has 3 amide bonds. The molecule has 2 spiro atoms. The van der Waals surface area contributed by atoms with Gasteiger partial charge in [-0.05, 0) is 201 Å². The van der Waals surface area contributed by atoms with Crippen molar-refractivity contribution in [1.29, 1.82) is 0 Å². The van der Waals surface area contributed by atoms with Crippen molar-refractivity contribution in [3.05, 3.63) is 58.2 Å². The predicted molar refractivity (Wildman–Crippen MR) is 290 cm³/mol. The van der Waals surface area contributed by atoms with Crippen molar-refractivity contribution >= 4 is 17.9 Å². The zero-order chi connectivity index (χ0) is 51.9. The molecule has 0 unspecified atom stereocenters. The van der Waals surface area contributed by atoms with E-state index in [1.54, 1.807) is 16.7 Å². The van der Waals surface area contributed by atoms with E-state index < -0.39 is 0 Å². The van der Waals surface area contributed by atoms with Gasteiger partial charge in [-0.3, -0.25) is 14.5 Å². The van der Waals surface area contributed by atoms with Gasteiger partial charge in [0.15, 0.2) is 0 Å². The van der Waals surface area contributed by atoms with Crippen LogP contribution >= 0.6 is 0 Å². The highest BCUT2D eigenvalue weighted by molar-refractivity contribution is 5.78. The fourth-order valence-corrected chi connectivity index (χ4v) is 20.4. The largest absolute Gasteiger partial charge is 0.445 e. The Kier molecular flexibility index (Phi) is 12.9. The van der Waals surface area contributed by atoms with Crippen molar-refractivity contribution in [2.75, 3.05) is 13.1 Å². The number of ether oxygens (including phenoxy) is 3. The molecule has 6 heterocycles. The number of nitrogens with zero attached hydrogens (tertiary/aromatic N) is 1. The second kappa shape index (κ2) is 18.5. The third kappa shape index (κ3) is 7.92. The number of nitrogens with one attached hydrogen (secondary N) is 3. The van der Waals surface area contributed by atoms with E-state index in [4.69, 9.17) is 14.2 Å². The molecule has 0 aromatic heterocycles. The number of carbonyl (C=O) groups is 3. The van der Waals surface area contributed by atoms with E-state index in [1.807, 2.05) is 35.2 Å². The van der Waals surface area contributed by atoms with Crippen LogP contribution in [0.4, 0.5) is 4.79 Å². The van der Waals surface area contributed by atoms with Gasteiger partial charge < -0.3 is 30.2 Å². The number of allylic oxidation sites excluding steroid dienone is 2. The van der Waals surface area contributed by atoms with Gasteiger partial charge in [0.2, 0.25) is 11.8 Å². The molecule has 13 rings (SSSR count). The molecule has 4 saturated carbocycles. The average molecular weight is 1020 g/mol. The predicted octanol–water partition coefficient (Wildman–Crippen LogP) is 12.0. The first-order valence-electron chi connectivity index (χ1n) is 30.3. The number of carbonyl (C=O) groups excluding carboxylic acids is 3. The van der Waals surface area contributed by atoms with Gasteiger partial charge in [-0.2, -0.15) is 0 Å². The molecule has 12 aliphatic rings. The third-order valence-corrected chi connectivity index (χ3v) is 25.1. The molecule has 0 radical (unpaired) electrons. The Bertz CT molecular complexity index is 2460. The molecule has 20 atom stereocenters. The van der Waals surface area contributed by atoms with Crippen LogP contribution < -0.4 is 16.0 Å². The lowest BCUT2D eigenvalue weighted by atomic mass is 9.57. The van der Waals surface area contributed by atoms with Crippen LogP contribution in [0.1, 0.15) is 190 Å². The van der Waals surface area contributed by atoms with E-state index in [0.29, 0.717) is 73.3 Å². The minimum absolute atomic E-state index is 0.00726. The molecule has 406 valence electrons. The summed E-state index contributed by atoms with van der Waals surface area (Å²) in [6.45, 7) is 26.1. The van der Waals surface area contributed by atoms with Gasteiger partial charge in [0.05, 0.1) is 28.9 Å². The molecule has 10 fully saturated rings. The Hall–Kier alpha value is -3.21. The van der Waals surface area contributed by atoms with E-state index in [2.05, 4.69) is 85.2 Å². The van der Waals surface area contributed by atoms with Gasteiger partial charge in [0.25, 0.3) is 0 Å². The summed E-state index contributed by atoms with van der Waals surface area (Å²) in [6.07, 6.45) is 19.9. The third-order valence-electron chi connectivity index (χ3n) is 25.1. The van der Waals surface area contributed by atoms with Crippen LogP contribution in [0.3, 0.4) is 0 Å². The Morgan fingerprint density at radius 2 is 1.20 bits per heavy atom. The summed E-state index contributed by atoms with van der Waals surface area (Å²) >= 11 is 0. The molecular formula is C64H94N4O6. The lowest BCUT2D eigenvalue weighted by Gasteiger charge is -2.52. The summed E-state index contributed by atoms with van der Waals surface area (Å²) in [5, 5.41) is 10.7. The molecule has 6 aliphatic carbocycles. The number of likely N-dealkylation sites (tertiary alicyclic amines) is 1. The molecule has 74 heavy (non-hydrogen) atoms. The van der Waals surface area contributed by atoms with Gasteiger partial charge in [0.1, 0.15) is 6.61 Å². The lowest BCUT2D eigenvalue weighted by Crippen LogP contribution is -2.63. The number of hydrogen-bond acceptors (Lipinski definition) is 7. The van der Waals surface area contributed by atoms with E-state index in [0.717, 1.165) is 81.2 Å². The molecule has 0 bridgehead atoms. The van der Waals surface area contributed by atoms with Crippen molar-refractivity contribution in [3.8, 4) is 0 Å². The van der Waals surface area contributed by atoms with Crippen molar-refractivity contribution in [2.45, 2.75) is 238 Å². The number of hydrogen-bond donors (Lipinski definition) is 3. The Morgan fingerprint density at radius 3 is 1.77 bits per heavy atom. The summed E-state index contributed by atoms with van der Waals surface area (Å²) in [5.41, 5.74) is 7.65. The lowest BCUT2D eigenvalue weighted by molar-refractivity contribution is -0.130. The maximum Gasteiger partial charge on any atom is 0.410 e. The number of amides is 3. The maximum absolute atomic E-state index is 13.7. The molecular weight excluding hydrogens is 921 g/mol. The zero-order valence-corrected chi connectivity index (χ0v) is 47.2. The summed E-state index contributed by atoms with van der Waals surface area (Å²) in [7, 11) is 0. The molecule has 6 saturated heterocycles. The maximum atomic E-state index is 13.7. The fraction of sp³-hybridized carbons (Fsp3) is 0.797. The SMILES string of the molecule is CC1=C2C[C@H]3[C@@H](CC[C@H]4NC(=O)CC[C@@]43C)[C@@H]2CC[C@@]2(C1)O[C@@H]1C[C@H](C)CN(C(=O)OCc3ccccc3)[C@@]1(C)[C@H]2C.CC1=C2C[C@H]3[C@@H](CC[C@H]4NC(=O)CC[C@@]43C)[C@@H]2CC[C@@]2(C1)O[C@@H]1C[C@H](C)CN[C@@]1(C)[C@H]2C. The van der Waals surface area contributed by atoms with Gasteiger partial charge in [0, 0.05) is 48.8 Å². The van der Waals surface area contributed by atoms with E-state index >= 15 is 0 Å². The van der Waals surface area contributed by atoms with Gasteiger partial charge in [-0.15, -0.1) is 0 Å². The molecule has 10 heteroatoms. The average Bonchev–Trinajstić information content (AvgIpc) is 4.03. The second-order valence-corrected chi connectivity index (χ2v) is 28.6. The molecule has 1 aromatic rings. The van der Waals surface area contributed by atoms with Crippen LogP contribution in [0.15, 0.2) is 52.6 Å². The fourth-order valence-electron chi connectivity index (χ4n) is 20.4. The first kappa shape index (κ1) is 51.5. The van der Waals surface area contributed by atoms with E-state index in [-0.39, 0.29) is 63.0 Å². The number of fused-ring (bicyclic) bond motifs is 12. The highest BCUT2D eigenvalue weighted by Gasteiger charge is 2.67. The summed E-state index contributed by atoms with van der Waals surface area (Å²) in [5.74, 6) is 6.64. The highest BCUT2D eigenvalue weighted by Crippen LogP contribution is 2.66. The minimum atomic E-state index is -0.390. The van der Waals surface area contributed by atoms with Crippen LogP contribution in [0.2, 0.25) is 0 Å². The van der Waals surface area contributed by atoms with Crippen LogP contribution in [-0.2, 0) is 30.4 Å². The van der Waals surface area contributed by atoms with Crippen molar-refractivity contribution in [2.24, 2.45) is 70.0 Å². The standard InChI is InChI=1S/C36H50N2O4.C28H44N2O2/c1-22-17-31-35(5,38(20-22)33(40)41-21-25-9-7-6-8-10-25)24(3)36(42-31)16-13-26-27-11-12-30-34(4,15-14-32(39)37-30)29(27)18-28(26)23(2)19-36;1-16-12-24-27(5,29-15-16)18(3)28(32-24)11-8-19-20-6-7-23-26(4,10-9-25(31)30-23)22(20)13-21(19)17(2)14-28/h6-10,22,24,26-27,29-31H,11-21H2,1-5H3,(H,37,39);16,18-20,22-24,29H,6-15H2,1-5H3,(H,30,31)/t22-,24+,26-,27-,29-,30+,31+,34+,35-,36-;16-,18+,19-,20-,22-,23+,24+,26+,27-,28-/m00/s1. The zero-order valence-electron chi connectivity index (χ0n) is 47.2. The quantitative estimate of drug-likeness (QED) is 0.253. The Balaban J connectivity index is 0.000000156. The van der Waals surface area contributed by atoms with Crippen LogP contribution in [0.25, 0.3) is 0 Å². The molecule has 10 nitrogen and oxygen atoms in total. The van der Waals surface area contributed by atoms with E-state index in [9.17, 15) is 14.4 Å². The number of piperidine rings is 4. The van der Waals surface area contributed by atoms with E-state index in [1.165, 1.54) is 63.4 Å². The van der Waals surface area contributed by atoms with Crippen LogP contribution in [0, 0.1) is 70.0 Å². The second-order valence-electron chi connectivity index (χ2n) is 28.6.